The summed E-state index contributed by atoms with van der Waals surface area (Å²) in [5, 5.41) is 7.03. The summed E-state index contributed by atoms with van der Waals surface area (Å²) in [6, 6.07) is 11.7. The highest BCUT2D eigenvalue weighted by Crippen LogP contribution is 2.20. The number of nitrogens with zero attached hydrogens (tertiary/aromatic N) is 2. The summed E-state index contributed by atoms with van der Waals surface area (Å²) >= 11 is 0. The summed E-state index contributed by atoms with van der Waals surface area (Å²) in [5.74, 6) is 1.51. The van der Waals surface area contributed by atoms with Crippen LogP contribution in [0.25, 0.3) is 0 Å². The van der Waals surface area contributed by atoms with Crippen molar-refractivity contribution in [3.63, 3.8) is 0 Å². The Morgan fingerprint density at radius 1 is 1.30 bits per heavy atom. The van der Waals surface area contributed by atoms with Crippen LogP contribution in [0, 0.1) is 5.92 Å². The van der Waals surface area contributed by atoms with Crippen LogP contribution in [-0.2, 0) is 16.0 Å². The molecule has 7 heteroatoms. The molecule has 2 N–H and O–H groups in total. The minimum Gasteiger partial charge on any atom is -0.381 e. The predicted molar refractivity (Wildman–Crippen MR) is 134 cm³/mol. The lowest BCUT2D eigenvalue weighted by Crippen LogP contribution is -2.44. The molecule has 2 aliphatic heterocycles. The third-order valence-corrected chi connectivity index (χ3v) is 5.71. The van der Waals surface area contributed by atoms with E-state index in [2.05, 4.69) is 59.7 Å². The Morgan fingerprint density at radius 3 is 2.87 bits per heavy atom. The molecule has 2 fully saturated rings. The Hall–Kier alpha value is -0.900. The fraction of sp³-hybridized carbons (Fsp3) is 0.696. The zero-order valence-electron chi connectivity index (χ0n) is 18.5. The molecule has 1 aromatic carbocycles. The zero-order valence-corrected chi connectivity index (χ0v) is 20.8. The topological polar surface area (TPSA) is 58.1 Å². The van der Waals surface area contributed by atoms with Crippen molar-refractivity contribution >= 4 is 29.9 Å². The van der Waals surface area contributed by atoms with Gasteiger partial charge in [-0.15, -0.1) is 24.0 Å². The van der Waals surface area contributed by atoms with Gasteiger partial charge in [-0.3, -0.25) is 9.89 Å². The van der Waals surface area contributed by atoms with Gasteiger partial charge in [-0.05, 0) is 38.7 Å². The van der Waals surface area contributed by atoms with E-state index in [9.17, 15) is 0 Å². The van der Waals surface area contributed by atoms with Crippen molar-refractivity contribution in [3.8, 4) is 0 Å². The molecule has 6 nitrogen and oxygen atoms in total. The van der Waals surface area contributed by atoms with E-state index >= 15 is 0 Å². The molecule has 0 saturated carbocycles. The third-order valence-electron chi connectivity index (χ3n) is 5.71. The molecule has 3 atom stereocenters. The molecule has 0 bridgehead atoms. The molecule has 3 rings (SSSR count). The molecular formula is C23H39IN4O2. The first-order chi connectivity index (χ1) is 14.2. The van der Waals surface area contributed by atoms with Gasteiger partial charge in [0.15, 0.2) is 5.96 Å². The van der Waals surface area contributed by atoms with E-state index < -0.39 is 0 Å². The lowest BCUT2D eigenvalue weighted by molar-refractivity contribution is 0.0893. The van der Waals surface area contributed by atoms with Gasteiger partial charge in [0.05, 0.1) is 13.2 Å². The van der Waals surface area contributed by atoms with E-state index in [4.69, 9.17) is 14.5 Å². The van der Waals surface area contributed by atoms with E-state index in [1.807, 2.05) is 0 Å². The van der Waals surface area contributed by atoms with Crippen molar-refractivity contribution in [1.82, 2.24) is 15.5 Å². The number of benzene rings is 1. The largest absolute Gasteiger partial charge is 0.381 e. The summed E-state index contributed by atoms with van der Waals surface area (Å²) in [6.07, 6.45) is 3.23. The average molecular weight is 530 g/mol. The van der Waals surface area contributed by atoms with Crippen LogP contribution in [-0.4, -0.2) is 69.0 Å². The highest BCUT2D eigenvalue weighted by molar-refractivity contribution is 14.0. The maximum Gasteiger partial charge on any atom is 0.191 e. The fourth-order valence-electron chi connectivity index (χ4n) is 4.08. The Bertz CT molecular complexity index is 610. The molecule has 0 radical (unpaired) electrons. The smallest absolute Gasteiger partial charge is 0.191 e. The van der Waals surface area contributed by atoms with Gasteiger partial charge in [0.1, 0.15) is 0 Å². The molecule has 2 saturated heterocycles. The lowest BCUT2D eigenvalue weighted by Gasteiger charge is -2.21. The number of rotatable bonds is 10. The van der Waals surface area contributed by atoms with Gasteiger partial charge in [-0.1, -0.05) is 30.3 Å². The van der Waals surface area contributed by atoms with Gasteiger partial charge in [-0.2, -0.15) is 0 Å². The maximum absolute atomic E-state index is 5.78. The van der Waals surface area contributed by atoms with Crippen LogP contribution >= 0.6 is 24.0 Å². The second kappa shape index (κ2) is 14.2. The molecule has 0 aliphatic carbocycles. The van der Waals surface area contributed by atoms with Gasteiger partial charge in [0, 0.05) is 57.4 Å². The van der Waals surface area contributed by atoms with Crippen molar-refractivity contribution in [2.45, 2.75) is 51.7 Å². The minimum absolute atomic E-state index is 0. The van der Waals surface area contributed by atoms with Crippen molar-refractivity contribution in [1.29, 1.82) is 0 Å². The summed E-state index contributed by atoms with van der Waals surface area (Å²) in [6.45, 7) is 11.5. The van der Waals surface area contributed by atoms with Crippen LogP contribution in [0.4, 0.5) is 0 Å². The molecule has 0 amide bonds. The Labute approximate surface area is 199 Å². The second-order valence-electron chi connectivity index (χ2n) is 8.26. The number of hydrogen-bond donors (Lipinski definition) is 2. The highest BCUT2D eigenvalue weighted by Gasteiger charge is 2.29. The van der Waals surface area contributed by atoms with Crippen molar-refractivity contribution in [2.24, 2.45) is 10.9 Å². The minimum atomic E-state index is 0. The summed E-state index contributed by atoms with van der Waals surface area (Å²) in [4.78, 5) is 7.30. The Balaban J connectivity index is 0.00000320. The van der Waals surface area contributed by atoms with Crippen molar-refractivity contribution in [3.05, 3.63) is 35.9 Å². The average Bonchev–Trinajstić information content (AvgIpc) is 3.35. The number of ether oxygens (including phenoxy) is 2. The van der Waals surface area contributed by atoms with Crippen molar-refractivity contribution < 1.29 is 9.47 Å². The number of aliphatic imine (C=N–C) groups is 1. The third kappa shape index (κ3) is 8.69. The molecule has 170 valence electrons. The van der Waals surface area contributed by atoms with Gasteiger partial charge < -0.3 is 20.1 Å². The molecular weight excluding hydrogens is 491 g/mol. The first-order valence-electron chi connectivity index (χ1n) is 11.2. The lowest BCUT2D eigenvalue weighted by atomic mass is 10.1. The number of hydrogen-bond acceptors (Lipinski definition) is 4. The van der Waals surface area contributed by atoms with Crippen LogP contribution < -0.4 is 10.6 Å². The van der Waals surface area contributed by atoms with Crippen LogP contribution in [0.3, 0.4) is 0 Å². The first kappa shape index (κ1) is 25.4. The van der Waals surface area contributed by atoms with Crippen LogP contribution in [0.1, 0.15) is 38.7 Å². The van der Waals surface area contributed by atoms with Crippen LogP contribution in [0.15, 0.2) is 35.3 Å². The number of nitrogens with one attached hydrogen (secondary N) is 2. The Kier molecular flexibility index (Phi) is 12.0. The predicted octanol–water partition coefficient (Wildman–Crippen LogP) is 3.27. The van der Waals surface area contributed by atoms with Gasteiger partial charge in [0.2, 0.25) is 0 Å². The molecule has 0 spiro atoms. The normalized spacial score (nSPS) is 24.6. The molecule has 3 unspecified atom stereocenters. The Morgan fingerprint density at radius 2 is 2.13 bits per heavy atom. The molecule has 1 aromatic rings. The molecule has 2 aliphatic rings. The van der Waals surface area contributed by atoms with Crippen molar-refractivity contribution in [2.75, 3.05) is 46.1 Å². The second-order valence-corrected chi connectivity index (χ2v) is 8.26. The monoisotopic (exact) mass is 530 g/mol. The van der Waals surface area contributed by atoms with Crippen LogP contribution in [0.2, 0.25) is 0 Å². The van der Waals surface area contributed by atoms with Crippen LogP contribution in [0.5, 0.6) is 0 Å². The summed E-state index contributed by atoms with van der Waals surface area (Å²) < 4.78 is 11.2. The first-order valence-corrected chi connectivity index (χ1v) is 11.2. The molecule has 2 heterocycles. The SMILES string of the molecule is CCNC(=NCCCOCC1CCOC1)NC1CC(C)N(Cc2ccccc2)C1.I. The van der Waals surface area contributed by atoms with E-state index in [-0.39, 0.29) is 24.0 Å². The van der Waals surface area contributed by atoms with Gasteiger partial charge in [0.25, 0.3) is 0 Å². The number of guanidine groups is 1. The summed E-state index contributed by atoms with van der Waals surface area (Å²) in [5.41, 5.74) is 1.38. The van der Waals surface area contributed by atoms with E-state index in [1.165, 1.54) is 5.56 Å². The zero-order chi connectivity index (χ0) is 20.3. The quantitative estimate of drug-likeness (QED) is 0.211. The molecule has 0 aromatic heterocycles. The highest BCUT2D eigenvalue weighted by atomic mass is 127. The molecule has 30 heavy (non-hydrogen) atoms. The van der Waals surface area contributed by atoms with Gasteiger partial charge in [-0.25, -0.2) is 0 Å². The van der Waals surface area contributed by atoms with E-state index in [1.54, 1.807) is 0 Å². The summed E-state index contributed by atoms with van der Waals surface area (Å²) in [7, 11) is 0. The number of likely N-dealkylation sites (tertiary alicyclic amines) is 1. The standard InChI is InChI=1S/C23H38N4O2.HI/c1-3-24-23(25-11-7-12-28-17-21-10-13-29-18-21)26-22-14-19(2)27(16-22)15-20-8-5-4-6-9-20;/h4-6,8-9,19,21-22H,3,7,10-18H2,1-2H3,(H2,24,25,26);1H. The maximum atomic E-state index is 5.78. The van der Waals surface area contributed by atoms with E-state index in [0.717, 1.165) is 77.8 Å². The number of halogens is 1. The van der Waals surface area contributed by atoms with Gasteiger partial charge >= 0.3 is 0 Å². The fourth-order valence-corrected chi connectivity index (χ4v) is 4.08. The van der Waals surface area contributed by atoms with E-state index in [0.29, 0.717) is 18.0 Å².